The Balaban J connectivity index is 1.65. The maximum absolute atomic E-state index is 12.3. The number of hydrogen-bond acceptors (Lipinski definition) is 4. The van der Waals surface area contributed by atoms with Crippen LogP contribution in [0.15, 0.2) is 53.9 Å². The second-order valence-corrected chi connectivity index (χ2v) is 7.98. The molecule has 1 unspecified atom stereocenters. The highest BCUT2D eigenvalue weighted by atomic mass is 35.5. The van der Waals surface area contributed by atoms with E-state index in [1.165, 1.54) is 0 Å². The van der Waals surface area contributed by atoms with Crippen molar-refractivity contribution in [3.05, 3.63) is 70.2 Å². The van der Waals surface area contributed by atoms with E-state index in [0.717, 1.165) is 27.6 Å². The van der Waals surface area contributed by atoms with Crippen molar-refractivity contribution < 1.29 is 8.95 Å². The van der Waals surface area contributed by atoms with E-state index < -0.39 is 10.8 Å². The Morgan fingerprint density at radius 2 is 1.96 bits per heavy atom. The van der Waals surface area contributed by atoms with Gasteiger partial charge in [-0.05, 0) is 42.0 Å². The molecule has 3 aromatic rings. The third kappa shape index (κ3) is 4.44. The lowest BCUT2D eigenvalue weighted by Gasteiger charge is -2.02. The van der Waals surface area contributed by atoms with Gasteiger partial charge in [0.25, 0.3) is 0 Å². The summed E-state index contributed by atoms with van der Waals surface area (Å²) in [4.78, 5) is 4.59. The van der Waals surface area contributed by atoms with Crippen LogP contribution in [0.4, 0.5) is 0 Å². The Morgan fingerprint density at radius 3 is 2.67 bits per heavy atom. The molecular formula is C18H16ClNO2S2. The van der Waals surface area contributed by atoms with Gasteiger partial charge in [0, 0.05) is 32.5 Å². The first kappa shape index (κ1) is 17.1. The van der Waals surface area contributed by atoms with Gasteiger partial charge in [-0.3, -0.25) is 4.21 Å². The molecule has 0 aliphatic heterocycles. The summed E-state index contributed by atoms with van der Waals surface area (Å²) < 4.78 is 17.5. The van der Waals surface area contributed by atoms with Gasteiger partial charge in [-0.1, -0.05) is 23.7 Å². The zero-order valence-corrected chi connectivity index (χ0v) is 15.5. The Bertz CT molecular complexity index is 846. The Morgan fingerprint density at radius 1 is 1.17 bits per heavy atom. The minimum atomic E-state index is -1.01. The zero-order valence-electron chi connectivity index (χ0n) is 13.1. The molecule has 1 aromatic heterocycles. The molecule has 0 radical (unpaired) electrons. The molecule has 0 aliphatic rings. The highest BCUT2D eigenvalue weighted by Crippen LogP contribution is 2.26. The Kier molecular flexibility index (Phi) is 5.66. The Labute approximate surface area is 152 Å². The minimum absolute atomic E-state index is 0.444. The molecule has 1 heterocycles. The molecule has 124 valence electrons. The highest BCUT2D eigenvalue weighted by Gasteiger charge is 2.09. The summed E-state index contributed by atoms with van der Waals surface area (Å²) in [5.41, 5.74) is 2.87. The van der Waals surface area contributed by atoms with Gasteiger partial charge in [0.1, 0.15) is 10.8 Å². The monoisotopic (exact) mass is 377 g/mol. The van der Waals surface area contributed by atoms with Crippen LogP contribution >= 0.6 is 22.9 Å². The number of methoxy groups -OCH3 is 1. The molecule has 0 saturated heterocycles. The van der Waals surface area contributed by atoms with E-state index in [2.05, 4.69) is 4.98 Å². The van der Waals surface area contributed by atoms with Crippen LogP contribution in [0.25, 0.3) is 10.6 Å². The maximum atomic E-state index is 12.3. The molecule has 0 N–H and O–H groups in total. The van der Waals surface area contributed by atoms with Gasteiger partial charge in [0.15, 0.2) is 0 Å². The number of benzene rings is 2. The SMILES string of the molecule is COc1ccc(-c2nc(CS(=O)Cc3cccc(Cl)c3)cs2)cc1. The summed E-state index contributed by atoms with van der Waals surface area (Å²) in [6.07, 6.45) is 0. The van der Waals surface area contributed by atoms with E-state index in [4.69, 9.17) is 16.3 Å². The predicted molar refractivity (Wildman–Crippen MR) is 101 cm³/mol. The van der Waals surface area contributed by atoms with Crippen LogP contribution in [0.5, 0.6) is 5.75 Å². The molecular weight excluding hydrogens is 362 g/mol. The van der Waals surface area contributed by atoms with Gasteiger partial charge in [-0.2, -0.15) is 0 Å². The second-order valence-electron chi connectivity index (χ2n) is 5.23. The van der Waals surface area contributed by atoms with E-state index in [1.54, 1.807) is 18.4 Å². The fraction of sp³-hybridized carbons (Fsp3) is 0.167. The number of nitrogens with zero attached hydrogens (tertiary/aromatic N) is 1. The first-order valence-electron chi connectivity index (χ1n) is 7.32. The molecule has 0 fully saturated rings. The lowest BCUT2D eigenvalue weighted by Crippen LogP contribution is -1.99. The quantitative estimate of drug-likeness (QED) is 0.612. The van der Waals surface area contributed by atoms with Crippen LogP contribution < -0.4 is 4.74 Å². The van der Waals surface area contributed by atoms with E-state index in [0.29, 0.717) is 16.5 Å². The molecule has 0 bridgehead atoms. The maximum Gasteiger partial charge on any atom is 0.123 e. The number of halogens is 1. The molecule has 0 saturated carbocycles. The van der Waals surface area contributed by atoms with E-state index in [9.17, 15) is 4.21 Å². The number of ether oxygens (including phenoxy) is 1. The molecule has 24 heavy (non-hydrogen) atoms. The lowest BCUT2D eigenvalue weighted by atomic mass is 10.2. The third-order valence-corrected chi connectivity index (χ3v) is 5.86. The van der Waals surface area contributed by atoms with Crippen molar-refractivity contribution >= 4 is 33.7 Å². The van der Waals surface area contributed by atoms with Crippen molar-refractivity contribution in [1.29, 1.82) is 0 Å². The highest BCUT2D eigenvalue weighted by molar-refractivity contribution is 7.83. The lowest BCUT2D eigenvalue weighted by molar-refractivity contribution is 0.415. The summed E-state index contributed by atoms with van der Waals surface area (Å²) in [7, 11) is 0.632. The molecule has 0 aliphatic carbocycles. The van der Waals surface area contributed by atoms with Crippen molar-refractivity contribution in [2.24, 2.45) is 0 Å². The smallest absolute Gasteiger partial charge is 0.123 e. The van der Waals surface area contributed by atoms with Gasteiger partial charge >= 0.3 is 0 Å². The second kappa shape index (κ2) is 7.92. The Hall–Kier alpha value is -1.69. The topological polar surface area (TPSA) is 39.2 Å². The first-order chi connectivity index (χ1) is 11.6. The van der Waals surface area contributed by atoms with E-state index in [1.807, 2.05) is 53.9 Å². The number of thiazole rings is 1. The fourth-order valence-corrected chi connectivity index (χ4v) is 4.54. The summed E-state index contributed by atoms with van der Waals surface area (Å²) in [6.45, 7) is 0. The molecule has 3 rings (SSSR count). The van der Waals surface area contributed by atoms with Crippen molar-refractivity contribution in [3.63, 3.8) is 0 Å². The third-order valence-electron chi connectivity index (χ3n) is 3.41. The average molecular weight is 378 g/mol. The molecule has 6 heteroatoms. The van der Waals surface area contributed by atoms with Gasteiger partial charge in [-0.15, -0.1) is 11.3 Å². The van der Waals surface area contributed by atoms with Crippen molar-refractivity contribution in [1.82, 2.24) is 4.98 Å². The minimum Gasteiger partial charge on any atom is -0.497 e. The van der Waals surface area contributed by atoms with Gasteiger partial charge in [0.2, 0.25) is 0 Å². The largest absolute Gasteiger partial charge is 0.497 e. The number of rotatable bonds is 6. The van der Waals surface area contributed by atoms with Crippen LogP contribution in [0.2, 0.25) is 5.02 Å². The van der Waals surface area contributed by atoms with E-state index in [-0.39, 0.29) is 0 Å². The molecule has 3 nitrogen and oxygen atoms in total. The van der Waals surface area contributed by atoms with Crippen molar-refractivity contribution in [2.45, 2.75) is 11.5 Å². The fourth-order valence-electron chi connectivity index (χ4n) is 2.27. The average Bonchev–Trinajstić information content (AvgIpc) is 3.03. The van der Waals surface area contributed by atoms with Crippen molar-refractivity contribution in [3.8, 4) is 16.3 Å². The van der Waals surface area contributed by atoms with E-state index >= 15 is 0 Å². The standard InChI is InChI=1S/C18H16ClNO2S2/c1-22-17-7-5-14(6-8-17)18-20-16(10-23-18)12-24(21)11-13-3-2-4-15(19)9-13/h2-10H,11-12H2,1H3. The first-order valence-corrected chi connectivity index (χ1v) is 10.1. The number of hydrogen-bond donors (Lipinski definition) is 0. The number of aromatic nitrogens is 1. The zero-order chi connectivity index (χ0) is 16.9. The van der Waals surface area contributed by atoms with Gasteiger partial charge < -0.3 is 4.74 Å². The predicted octanol–water partition coefficient (Wildman–Crippen LogP) is 4.92. The molecule has 1 atom stereocenters. The molecule has 2 aromatic carbocycles. The van der Waals surface area contributed by atoms with Crippen LogP contribution in [-0.4, -0.2) is 16.3 Å². The van der Waals surface area contributed by atoms with Crippen LogP contribution in [0.3, 0.4) is 0 Å². The van der Waals surface area contributed by atoms with Gasteiger partial charge in [0.05, 0.1) is 18.6 Å². The summed E-state index contributed by atoms with van der Waals surface area (Å²) in [5.74, 6) is 1.74. The van der Waals surface area contributed by atoms with Crippen LogP contribution in [0.1, 0.15) is 11.3 Å². The van der Waals surface area contributed by atoms with Crippen LogP contribution in [0, 0.1) is 0 Å². The normalized spacial score (nSPS) is 12.1. The van der Waals surface area contributed by atoms with Crippen molar-refractivity contribution in [2.75, 3.05) is 7.11 Å². The molecule has 0 spiro atoms. The summed E-state index contributed by atoms with van der Waals surface area (Å²) in [5, 5.41) is 3.56. The summed E-state index contributed by atoms with van der Waals surface area (Å²) >= 11 is 7.52. The van der Waals surface area contributed by atoms with Crippen LogP contribution in [-0.2, 0) is 22.3 Å². The molecule has 0 amide bonds. The summed E-state index contributed by atoms with van der Waals surface area (Å²) in [6, 6.07) is 15.3. The van der Waals surface area contributed by atoms with Gasteiger partial charge in [-0.25, -0.2) is 4.98 Å².